The molecular formula is C20H23FN2O3. The van der Waals surface area contributed by atoms with Crippen LogP contribution in [0, 0.1) is 5.82 Å². The van der Waals surface area contributed by atoms with E-state index in [0.717, 1.165) is 17.7 Å². The van der Waals surface area contributed by atoms with E-state index < -0.39 is 0 Å². The number of benzene rings is 2. The molecule has 0 saturated carbocycles. The van der Waals surface area contributed by atoms with Gasteiger partial charge in [-0.3, -0.25) is 4.79 Å². The molecule has 0 bridgehead atoms. The lowest BCUT2D eigenvalue weighted by atomic mass is 9.99. The molecule has 2 aromatic rings. The van der Waals surface area contributed by atoms with Gasteiger partial charge in [-0.15, -0.1) is 0 Å². The summed E-state index contributed by atoms with van der Waals surface area (Å²) in [4.78, 5) is 12.3. The number of amides is 1. The van der Waals surface area contributed by atoms with Crippen molar-refractivity contribution in [3.05, 3.63) is 52.8 Å². The minimum absolute atomic E-state index is 0.223. The number of rotatable bonds is 6. The van der Waals surface area contributed by atoms with Gasteiger partial charge in [-0.1, -0.05) is 6.07 Å². The van der Waals surface area contributed by atoms with Gasteiger partial charge in [0, 0.05) is 19.0 Å². The van der Waals surface area contributed by atoms with Crippen molar-refractivity contribution in [2.45, 2.75) is 25.8 Å². The van der Waals surface area contributed by atoms with Gasteiger partial charge in [0.05, 0.1) is 19.9 Å². The van der Waals surface area contributed by atoms with Crippen LogP contribution in [0.1, 0.15) is 23.1 Å². The van der Waals surface area contributed by atoms with Crippen molar-refractivity contribution >= 4 is 11.6 Å². The van der Waals surface area contributed by atoms with Crippen LogP contribution in [-0.4, -0.2) is 26.7 Å². The van der Waals surface area contributed by atoms with Gasteiger partial charge < -0.3 is 20.1 Å². The van der Waals surface area contributed by atoms with Crippen molar-refractivity contribution in [3.63, 3.8) is 0 Å². The Bertz CT molecular complexity index is 786. The van der Waals surface area contributed by atoms with Crippen LogP contribution < -0.4 is 20.1 Å². The fraction of sp³-hybridized carbons (Fsp3) is 0.350. The monoisotopic (exact) mass is 358 g/mol. The van der Waals surface area contributed by atoms with E-state index >= 15 is 0 Å². The first kappa shape index (κ1) is 18.2. The second-order valence-electron chi connectivity index (χ2n) is 6.26. The highest BCUT2D eigenvalue weighted by Gasteiger charge is 2.17. The summed E-state index contributed by atoms with van der Waals surface area (Å²) < 4.78 is 25.1. The first-order valence-corrected chi connectivity index (χ1v) is 8.63. The number of hydrogen-bond acceptors (Lipinski definition) is 4. The molecule has 1 aliphatic heterocycles. The quantitative estimate of drug-likeness (QED) is 0.833. The Morgan fingerprint density at radius 3 is 2.62 bits per heavy atom. The number of anilines is 1. The van der Waals surface area contributed by atoms with Gasteiger partial charge in [0.1, 0.15) is 17.3 Å². The highest BCUT2D eigenvalue weighted by Crippen LogP contribution is 2.26. The summed E-state index contributed by atoms with van der Waals surface area (Å²) in [5, 5.41) is 5.90. The molecule has 2 aromatic carbocycles. The third-order valence-corrected chi connectivity index (χ3v) is 4.53. The highest BCUT2D eigenvalue weighted by atomic mass is 19.1. The van der Waals surface area contributed by atoms with Crippen LogP contribution >= 0.6 is 0 Å². The van der Waals surface area contributed by atoms with Crippen molar-refractivity contribution in [3.8, 4) is 11.5 Å². The predicted molar refractivity (Wildman–Crippen MR) is 98.3 cm³/mol. The predicted octanol–water partition coefficient (Wildman–Crippen LogP) is 3.06. The summed E-state index contributed by atoms with van der Waals surface area (Å²) in [5.41, 5.74) is 2.82. The average molecular weight is 358 g/mol. The summed E-state index contributed by atoms with van der Waals surface area (Å²) in [5.74, 6) is 0.808. The Balaban J connectivity index is 1.65. The minimum Gasteiger partial charge on any atom is -0.497 e. The van der Waals surface area contributed by atoms with E-state index in [0.29, 0.717) is 36.4 Å². The number of carbonyl (C=O) groups excluding carboxylic acids is 1. The number of halogens is 1. The molecule has 0 fully saturated rings. The number of nitrogens with one attached hydrogen (secondary N) is 2. The maximum absolute atomic E-state index is 14.6. The van der Waals surface area contributed by atoms with E-state index in [1.54, 1.807) is 26.4 Å². The van der Waals surface area contributed by atoms with E-state index in [-0.39, 0.29) is 23.8 Å². The molecule has 1 amide bonds. The molecule has 1 heterocycles. The van der Waals surface area contributed by atoms with E-state index in [1.165, 1.54) is 0 Å². The Kier molecular flexibility index (Phi) is 5.73. The maximum atomic E-state index is 14.6. The number of hydrogen-bond donors (Lipinski definition) is 2. The molecule has 1 aliphatic rings. The SMILES string of the molecule is COc1cc(CCC(=O)Nc2ccc3c(c2F)CCNC3)cc(OC)c1. The van der Waals surface area contributed by atoms with E-state index in [2.05, 4.69) is 10.6 Å². The first-order chi connectivity index (χ1) is 12.6. The molecule has 3 rings (SSSR count). The van der Waals surface area contributed by atoms with Crippen LogP contribution in [0.25, 0.3) is 0 Å². The molecule has 0 spiro atoms. The zero-order valence-electron chi connectivity index (χ0n) is 15.0. The Morgan fingerprint density at radius 2 is 1.92 bits per heavy atom. The molecule has 6 heteroatoms. The molecule has 0 atom stereocenters. The molecule has 5 nitrogen and oxygen atoms in total. The number of fused-ring (bicyclic) bond motifs is 1. The lowest BCUT2D eigenvalue weighted by molar-refractivity contribution is -0.116. The number of aryl methyl sites for hydroxylation is 1. The van der Waals surface area contributed by atoms with Crippen LogP contribution in [0.2, 0.25) is 0 Å². The lowest BCUT2D eigenvalue weighted by Crippen LogP contribution is -2.25. The molecule has 0 aliphatic carbocycles. The summed E-state index contributed by atoms with van der Waals surface area (Å²) in [6.07, 6.45) is 1.39. The van der Waals surface area contributed by atoms with Crippen molar-refractivity contribution in [2.75, 3.05) is 26.1 Å². The van der Waals surface area contributed by atoms with Crippen LogP contribution in [0.3, 0.4) is 0 Å². The molecule has 26 heavy (non-hydrogen) atoms. The summed E-state index contributed by atoms with van der Waals surface area (Å²) in [6.45, 7) is 1.41. The third kappa shape index (κ3) is 4.14. The summed E-state index contributed by atoms with van der Waals surface area (Å²) in [7, 11) is 3.17. The first-order valence-electron chi connectivity index (χ1n) is 8.63. The lowest BCUT2D eigenvalue weighted by Gasteiger charge is -2.19. The fourth-order valence-electron chi connectivity index (χ4n) is 3.11. The van der Waals surface area contributed by atoms with Crippen LogP contribution in [0.5, 0.6) is 11.5 Å². The molecule has 0 radical (unpaired) electrons. The van der Waals surface area contributed by atoms with Gasteiger partial charge in [-0.2, -0.15) is 0 Å². The number of ether oxygens (including phenoxy) is 2. The maximum Gasteiger partial charge on any atom is 0.224 e. The second-order valence-corrected chi connectivity index (χ2v) is 6.26. The zero-order chi connectivity index (χ0) is 18.5. The number of carbonyl (C=O) groups is 1. The Morgan fingerprint density at radius 1 is 1.19 bits per heavy atom. The van der Waals surface area contributed by atoms with Gasteiger partial charge in [0.2, 0.25) is 5.91 Å². The van der Waals surface area contributed by atoms with Crippen LogP contribution in [0.15, 0.2) is 30.3 Å². The van der Waals surface area contributed by atoms with E-state index in [4.69, 9.17) is 9.47 Å². The number of methoxy groups -OCH3 is 2. The summed E-state index contributed by atoms with van der Waals surface area (Å²) in [6, 6.07) is 9.01. The summed E-state index contributed by atoms with van der Waals surface area (Å²) >= 11 is 0. The van der Waals surface area contributed by atoms with Crippen LogP contribution in [0.4, 0.5) is 10.1 Å². The molecule has 0 aromatic heterocycles. The third-order valence-electron chi connectivity index (χ3n) is 4.53. The average Bonchev–Trinajstić information content (AvgIpc) is 2.68. The van der Waals surface area contributed by atoms with Crippen LogP contribution in [-0.2, 0) is 24.2 Å². The van der Waals surface area contributed by atoms with Gasteiger partial charge in [0.25, 0.3) is 0 Å². The smallest absolute Gasteiger partial charge is 0.224 e. The second kappa shape index (κ2) is 8.19. The van der Waals surface area contributed by atoms with E-state index in [1.807, 2.05) is 18.2 Å². The van der Waals surface area contributed by atoms with Gasteiger partial charge >= 0.3 is 0 Å². The van der Waals surface area contributed by atoms with Crippen molar-refractivity contribution < 1.29 is 18.7 Å². The van der Waals surface area contributed by atoms with Gasteiger partial charge in [-0.05, 0) is 54.3 Å². The molecule has 138 valence electrons. The standard InChI is InChI=1S/C20H23FN2O3/c1-25-15-9-13(10-16(11-15)26-2)3-6-19(24)23-18-5-4-14-12-22-8-7-17(14)20(18)21/h4-5,9-11,22H,3,6-8,12H2,1-2H3,(H,23,24). The van der Waals surface area contributed by atoms with Crippen molar-refractivity contribution in [1.82, 2.24) is 5.32 Å². The molecular weight excluding hydrogens is 335 g/mol. The minimum atomic E-state index is -0.319. The Hall–Kier alpha value is -2.60. The van der Waals surface area contributed by atoms with Gasteiger partial charge in [-0.25, -0.2) is 4.39 Å². The molecule has 0 saturated heterocycles. The van der Waals surface area contributed by atoms with E-state index in [9.17, 15) is 9.18 Å². The van der Waals surface area contributed by atoms with Crippen molar-refractivity contribution in [2.24, 2.45) is 0 Å². The largest absolute Gasteiger partial charge is 0.497 e. The van der Waals surface area contributed by atoms with Crippen molar-refractivity contribution in [1.29, 1.82) is 0 Å². The Labute approximate surface area is 152 Å². The molecule has 2 N–H and O–H groups in total. The topological polar surface area (TPSA) is 59.6 Å². The molecule has 0 unspecified atom stereocenters. The highest BCUT2D eigenvalue weighted by molar-refractivity contribution is 5.91. The van der Waals surface area contributed by atoms with Gasteiger partial charge in [0.15, 0.2) is 0 Å². The zero-order valence-corrected chi connectivity index (χ0v) is 15.0. The normalized spacial score (nSPS) is 13.0. The fourth-order valence-corrected chi connectivity index (χ4v) is 3.11.